The summed E-state index contributed by atoms with van der Waals surface area (Å²) in [6, 6.07) is 3.81. The lowest BCUT2D eigenvalue weighted by Gasteiger charge is -2.62. The molecule has 1 aromatic carbocycles. The van der Waals surface area contributed by atoms with Crippen molar-refractivity contribution in [3.05, 3.63) is 28.8 Å². The van der Waals surface area contributed by atoms with E-state index in [0.29, 0.717) is 24.4 Å². The number of aromatic hydroxyl groups is 1. The Morgan fingerprint density at radius 2 is 2.11 bits per heavy atom. The number of ketones is 1. The molecule has 3 fully saturated rings. The number of hydrogen-bond donors (Lipinski definition) is 3. The molecule has 1 aromatic rings. The van der Waals surface area contributed by atoms with Crippen molar-refractivity contribution in [2.75, 3.05) is 6.54 Å². The van der Waals surface area contributed by atoms with Gasteiger partial charge in [-0.05, 0) is 86.2 Å². The zero-order valence-electron chi connectivity index (χ0n) is 17.0. The number of unbranched alkanes of at least 4 members (excludes halogenated alkanes) is 1. The maximum atomic E-state index is 13.2. The van der Waals surface area contributed by atoms with E-state index in [1.807, 2.05) is 12.1 Å². The van der Waals surface area contributed by atoms with E-state index in [1.165, 1.54) is 24.0 Å². The smallest absolute Gasteiger partial charge is 0.137 e. The number of phenolic OH excluding ortho intramolecular Hbond substituents is 1. The van der Waals surface area contributed by atoms with Gasteiger partial charge in [0.25, 0.3) is 0 Å². The van der Waals surface area contributed by atoms with Gasteiger partial charge in [0.1, 0.15) is 11.5 Å². The average Bonchev–Trinajstić information content (AvgIpc) is 3.45. The molecule has 0 amide bonds. The molecule has 4 nitrogen and oxygen atoms in total. The quantitative estimate of drug-likeness (QED) is 0.729. The summed E-state index contributed by atoms with van der Waals surface area (Å²) < 4.78 is 0. The number of carbonyl (C=O) groups is 1. The van der Waals surface area contributed by atoms with Gasteiger partial charge in [0.15, 0.2) is 0 Å². The summed E-state index contributed by atoms with van der Waals surface area (Å²) in [4.78, 5) is 13.2. The Labute approximate surface area is 167 Å². The zero-order chi connectivity index (χ0) is 19.5. The second-order valence-corrected chi connectivity index (χ2v) is 9.93. The Morgan fingerprint density at radius 3 is 2.86 bits per heavy atom. The minimum Gasteiger partial charge on any atom is -0.508 e. The number of aliphatic hydroxyl groups is 1. The Hall–Kier alpha value is -1.39. The van der Waals surface area contributed by atoms with Crippen LogP contribution in [0.15, 0.2) is 12.1 Å². The van der Waals surface area contributed by atoms with Crippen molar-refractivity contribution in [2.24, 2.45) is 11.8 Å². The molecule has 2 saturated carbocycles. The normalized spacial score (nSPS) is 36.7. The van der Waals surface area contributed by atoms with Crippen LogP contribution in [0.1, 0.15) is 75.0 Å². The summed E-state index contributed by atoms with van der Waals surface area (Å²) >= 11 is 0. The first kappa shape index (κ1) is 18.6. The summed E-state index contributed by atoms with van der Waals surface area (Å²) in [6.45, 7) is 2.98. The molecule has 4 aliphatic rings. The summed E-state index contributed by atoms with van der Waals surface area (Å²) in [7, 11) is 0. The Morgan fingerprint density at radius 1 is 1.29 bits per heavy atom. The van der Waals surface area contributed by atoms with Crippen LogP contribution in [0.5, 0.6) is 5.75 Å². The minimum atomic E-state index is -0.894. The van der Waals surface area contributed by atoms with Gasteiger partial charge in [-0.15, -0.1) is 0 Å². The number of piperidine rings is 1. The molecular weight excluding hydrogens is 350 g/mol. The van der Waals surface area contributed by atoms with Crippen LogP contribution in [-0.2, 0) is 23.1 Å². The standard InChI is InChI=1S/C24H33NO3/c1-2-3-4-16-13-24(28)22-12-19-17(9-15-5-6-15)10-18(26)11-20(19)23(24,7-8-25-22)14-21(16)27/h10-11,15-16,22,25-26,28H,2-9,12-14H2,1H3/t16-,22+,23+,24+/m0/s1. The van der Waals surface area contributed by atoms with Crippen molar-refractivity contribution >= 4 is 5.78 Å². The molecule has 1 aliphatic heterocycles. The monoisotopic (exact) mass is 383 g/mol. The van der Waals surface area contributed by atoms with Crippen LogP contribution in [0.4, 0.5) is 0 Å². The van der Waals surface area contributed by atoms with Gasteiger partial charge in [0.2, 0.25) is 0 Å². The van der Waals surface area contributed by atoms with Gasteiger partial charge in [0.05, 0.1) is 5.60 Å². The van der Waals surface area contributed by atoms with Crippen LogP contribution in [0.25, 0.3) is 0 Å². The second kappa shape index (κ2) is 6.56. The SMILES string of the molecule is CCCC[C@H]1C[C@@]2(O)[C@H]3Cc4c(CC5CC5)cc(O)cc4[C@@]2(CCN3)CC1=O. The number of fused-ring (bicyclic) bond motifs is 1. The number of nitrogens with one attached hydrogen (secondary N) is 1. The van der Waals surface area contributed by atoms with E-state index in [4.69, 9.17) is 0 Å². The molecule has 5 rings (SSSR count). The Balaban J connectivity index is 1.60. The van der Waals surface area contributed by atoms with E-state index in [2.05, 4.69) is 12.2 Å². The molecule has 28 heavy (non-hydrogen) atoms. The van der Waals surface area contributed by atoms with Gasteiger partial charge in [-0.3, -0.25) is 4.79 Å². The number of hydrogen-bond acceptors (Lipinski definition) is 4. The predicted molar refractivity (Wildman–Crippen MR) is 109 cm³/mol. The highest BCUT2D eigenvalue weighted by atomic mass is 16.3. The number of rotatable bonds is 5. The molecule has 152 valence electrons. The molecule has 1 heterocycles. The van der Waals surface area contributed by atoms with Crippen molar-refractivity contribution in [3.8, 4) is 5.75 Å². The first-order chi connectivity index (χ1) is 13.5. The van der Waals surface area contributed by atoms with Crippen molar-refractivity contribution in [1.29, 1.82) is 0 Å². The van der Waals surface area contributed by atoms with Crippen LogP contribution in [0, 0.1) is 11.8 Å². The van der Waals surface area contributed by atoms with Crippen LogP contribution in [-0.4, -0.2) is 34.2 Å². The molecule has 0 radical (unpaired) electrons. The molecule has 4 heteroatoms. The number of carbonyl (C=O) groups excluding carboxylic acids is 1. The van der Waals surface area contributed by atoms with Crippen molar-refractivity contribution in [3.63, 3.8) is 0 Å². The molecule has 2 bridgehead atoms. The maximum absolute atomic E-state index is 13.2. The summed E-state index contributed by atoms with van der Waals surface area (Å²) in [5, 5.41) is 26.2. The highest BCUT2D eigenvalue weighted by Crippen LogP contribution is 2.58. The lowest BCUT2D eigenvalue weighted by atomic mass is 9.47. The first-order valence-corrected chi connectivity index (χ1v) is 11.3. The molecule has 0 unspecified atom stereocenters. The molecule has 0 spiro atoms. The van der Waals surface area contributed by atoms with Crippen molar-refractivity contribution in [2.45, 2.75) is 88.2 Å². The third-order valence-corrected chi connectivity index (χ3v) is 8.20. The maximum Gasteiger partial charge on any atom is 0.137 e. The highest BCUT2D eigenvalue weighted by Gasteiger charge is 2.64. The number of benzene rings is 1. The molecule has 3 aliphatic carbocycles. The molecule has 0 aromatic heterocycles. The molecular formula is C24H33NO3. The summed E-state index contributed by atoms with van der Waals surface area (Å²) in [5.41, 5.74) is 2.19. The van der Waals surface area contributed by atoms with E-state index < -0.39 is 11.0 Å². The second-order valence-electron chi connectivity index (χ2n) is 9.93. The van der Waals surface area contributed by atoms with Gasteiger partial charge < -0.3 is 15.5 Å². The van der Waals surface area contributed by atoms with Gasteiger partial charge >= 0.3 is 0 Å². The Kier molecular flexibility index (Phi) is 4.37. The third-order valence-electron chi connectivity index (χ3n) is 8.20. The fourth-order valence-electron chi connectivity index (χ4n) is 6.51. The number of phenols is 1. The highest BCUT2D eigenvalue weighted by molar-refractivity contribution is 5.85. The molecule has 1 saturated heterocycles. The fourth-order valence-corrected chi connectivity index (χ4v) is 6.51. The Bertz CT molecular complexity index is 801. The van der Waals surface area contributed by atoms with Gasteiger partial charge in [-0.25, -0.2) is 0 Å². The van der Waals surface area contributed by atoms with Gasteiger partial charge in [-0.2, -0.15) is 0 Å². The molecule has 4 atom stereocenters. The lowest BCUT2D eigenvalue weighted by molar-refractivity contribution is -0.159. The zero-order valence-corrected chi connectivity index (χ0v) is 17.0. The summed E-state index contributed by atoms with van der Waals surface area (Å²) in [6.07, 6.45) is 9.15. The van der Waals surface area contributed by atoms with Crippen LogP contribution >= 0.6 is 0 Å². The van der Waals surface area contributed by atoms with E-state index in [-0.39, 0.29) is 12.0 Å². The van der Waals surface area contributed by atoms with E-state index in [9.17, 15) is 15.0 Å². The van der Waals surface area contributed by atoms with E-state index in [0.717, 1.165) is 56.6 Å². The third kappa shape index (κ3) is 2.68. The topological polar surface area (TPSA) is 69.6 Å². The fraction of sp³-hybridized carbons (Fsp3) is 0.708. The van der Waals surface area contributed by atoms with Gasteiger partial charge in [0, 0.05) is 23.8 Å². The average molecular weight is 384 g/mol. The first-order valence-electron chi connectivity index (χ1n) is 11.3. The minimum absolute atomic E-state index is 0.00784. The van der Waals surface area contributed by atoms with Crippen molar-refractivity contribution < 1.29 is 15.0 Å². The lowest BCUT2D eigenvalue weighted by Crippen LogP contribution is -2.73. The van der Waals surface area contributed by atoms with E-state index in [1.54, 1.807) is 0 Å². The van der Waals surface area contributed by atoms with Crippen LogP contribution in [0.2, 0.25) is 0 Å². The largest absolute Gasteiger partial charge is 0.508 e. The number of Topliss-reactive ketones (excluding diaryl/α,β-unsaturated/α-hetero) is 1. The van der Waals surface area contributed by atoms with E-state index >= 15 is 0 Å². The van der Waals surface area contributed by atoms with Crippen LogP contribution < -0.4 is 5.32 Å². The molecule has 3 N–H and O–H groups in total. The van der Waals surface area contributed by atoms with Crippen molar-refractivity contribution in [1.82, 2.24) is 5.32 Å². The summed E-state index contributed by atoms with van der Waals surface area (Å²) in [5.74, 6) is 1.33. The van der Waals surface area contributed by atoms with Gasteiger partial charge in [-0.1, -0.05) is 19.8 Å². The van der Waals surface area contributed by atoms with Crippen LogP contribution in [0.3, 0.4) is 0 Å². The predicted octanol–water partition coefficient (Wildman–Crippen LogP) is 3.40.